The van der Waals surface area contributed by atoms with Crippen molar-refractivity contribution in [2.75, 3.05) is 0 Å². The minimum Gasteiger partial charge on any atom is -0.211 e. The molecule has 1 rings (SSSR count). The van der Waals surface area contributed by atoms with E-state index in [0.29, 0.717) is 6.54 Å². The Balaban J connectivity index is 3.14. The second-order valence-corrected chi connectivity index (χ2v) is 2.95. The van der Waals surface area contributed by atoms with Crippen LogP contribution in [0.3, 0.4) is 0 Å². The number of rotatable bonds is 4. The third kappa shape index (κ3) is 2.18. The van der Waals surface area contributed by atoms with Gasteiger partial charge in [0.1, 0.15) is 0 Å². The first-order chi connectivity index (χ1) is 6.83. The summed E-state index contributed by atoms with van der Waals surface area (Å²) < 4.78 is 0. The van der Waals surface area contributed by atoms with Gasteiger partial charge in [-0.3, -0.25) is 0 Å². The fraction of sp³-hybridized carbons (Fsp3) is 0.250. The lowest BCUT2D eigenvalue weighted by Crippen LogP contribution is -1.94. The molecule has 1 aromatic rings. The lowest BCUT2D eigenvalue weighted by Gasteiger charge is -2.08. The zero-order chi connectivity index (χ0) is 10.4. The summed E-state index contributed by atoms with van der Waals surface area (Å²) >= 11 is 0. The summed E-state index contributed by atoms with van der Waals surface area (Å²) in [6.07, 6.45) is 4.30. The third-order valence-electron chi connectivity index (χ3n) is 2.20. The second kappa shape index (κ2) is 5.15. The molecule has 0 fully saturated rings. The van der Waals surface area contributed by atoms with Crippen molar-refractivity contribution in [2.45, 2.75) is 19.9 Å². The van der Waals surface area contributed by atoms with Gasteiger partial charge in [0.05, 0.1) is 6.54 Å². The standard InChI is InChI=1S/C12H13NO/c1-3-10-6-5-7-11(8-13-9-14)12(10)4-2/h3,5-7H,1,4,8H2,2H3. The highest BCUT2D eigenvalue weighted by atomic mass is 16.1. The van der Waals surface area contributed by atoms with Gasteiger partial charge in [-0.05, 0) is 23.1 Å². The van der Waals surface area contributed by atoms with Crippen molar-refractivity contribution in [2.24, 2.45) is 4.99 Å². The van der Waals surface area contributed by atoms with Crippen LogP contribution >= 0.6 is 0 Å². The van der Waals surface area contributed by atoms with Crippen LogP contribution < -0.4 is 0 Å². The smallest absolute Gasteiger partial charge is 0.211 e. The van der Waals surface area contributed by atoms with Gasteiger partial charge in [0.25, 0.3) is 0 Å². The highest BCUT2D eigenvalue weighted by molar-refractivity contribution is 5.54. The van der Waals surface area contributed by atoms with Crippen molar-refractivity contribution >= 4 is 12.2 Å². The summed E-state index contributed by atoms with van der Waals surface area (Å²) in [6.45, 7) is 6.24. The number of carbonyl (C=O) groups excluding carboxylic acids is 1. The third-order valence-corrected chi connectivity index (χ3v) is 2.20. The maximum absolute atomic E-state index is 10.0. The van der Waals surface area contributed by atoms with Crippen LogP contribution in [0.1, 0.15) is 23.6 Å². The van der Waals surface area contributed by atoms with Crippen molar-refractivity contribution in [1.29, 1.82) is 0 Å². The normalized spacial score (nSPS) is 9.21. The molecule has 0 aliphatic heterocycles. The van der Waals surface area contributed by atoms with Crippen LogP contribution in [0, 0.1) is 0 Å². The van der Waals surface area contributed by atoms with Gasteiger partial charge in [-0.15, -0.1) is 0 Å². The number of benzene rings is 1. The van der Waals surface area contributed by atoms with E-state index in [9.17, 15) is 4.79 Å². The van der Waals surface area contributed by atoms with Crippen molar-refractivity contribution in [3.8, 4) is 0 Å². The molecular formula is C12H13NO. The molecule has 2 nitrogen and oxygen atoms in total. The molecule has 0 aliphatic rings. The predicted octanol–water partition coefficient (Wildman–Crippen LogP) is 2.73. The van der Waals surface area contributed by atoms with Crippen molar-refractivity contribution in [3.63, 3.8) is 0 Å². The molecule has 0 radical (unpaired) electrons. The quantitative estimate of drug-likeness (QED) is 0.526. The Bertz CT molecular complexity index is 376. The first-order valence-electron chi connectivity index (χ1n) is 4.60. The summed E-state index contributed by atoms with van der Waals surface area (Å²) in [5.74, 6) is 0. The zero-order valence-electron chi connectivity index (χ0n) is 8.29. The molecule has 1 aromatic carbocycles. The van der Waals surface area contributed by atoms with Crippen LogP contribution in [-0.2, 0) is 17.8 Å². The molecule has 0 aromatic heterocycles. The van der Waals surface area contributed by atoms with Gasteiger partial charge in [0.15, 0.2) is 0 Å². The van der Waals surface area contributed by atoms with Crippen molar-refractivity contribution in [1.82, 2.24) is 0 Å². The number of isocyanates is 1. The summed E-state index contributed by atoms with van der Waals surface area (Å²) in [4.78, 5) is 13.6. The molecule has 2 heteroatoms. The van der Waals surface area contributed by atoms with Gasteiger partial charge in [-0.1, -0.05) is 37.8 Å². The summed E-state index contributed by atoms with van der Waals surface area (Å²) in [6, 6.07) is 5.94. The van der Waals surface area contributed by atoms with Crippen molar-refractivity contribution < 1.29 is 4.79 Å². The molecule has 0 saturated heterocycles. The van der Waals surface area contributed by atoms with Gasteiger partial charge in [0, 0.05) is 0 Å². The van der Waals surface area contributed by atoms with Gasteiger partial charge in [0.2, 0.25) is 6.08 Å². The molecular weight excluding hydrogens is 174 g/mol. The zero-order valence-corrected chi connectivity index (χ0v) is 8.29. The van der Waals surface area contributed by atoms with Crippen molar-refractivity contribution in [3.05, 3.63) is 41.5 Å². The number of nitrogens with zero attached hydrogens (tertiary/aromatic N) is 1. The largest absolute Gasteiger partial charge is 0.235 e. The molecule has 0 heterocycles. The van der Waals surface area contributed by atoms with E-state index >= 15 is 0 Å². The van der Waals surface area contributed by atoms with Crippen LogP contribution in [0.25, 0.3) is 6.08 Å². The Morgan fingerprint density at radius 2 is 2.36 bits per heavy atom. The van der Waals surface area contributed by atoms with Crippen LogP contribution in [0.2, 0.25) is 0 Å². The lowest BCUT2D eigenvalue weighted by atomic mass is 9.99. The lowest BCUT2D eigenvalue weighted by molar-refractivity contribution is 0.562. The molecule has 72 valence electrons. The monoisotopic (exact) mass is 187 g/mol. The summed E-state index contributed by atoms with van der Waals surface area (Å²) in [7, 11) is 0. The molecule has 0 bridgehead atoms. The van der Waals surface area contributed by atoms with E-state index in [0.717, 1.165) is 17.5 Å². The van der Waals surface area contributed by atoms with E-state index in [1.165, 1.54) is 5.56 Å². The molecule has 0 spiro atoms. The molecule has 0 aliphatic carbocycles. The van der Waals surface area contributed by atoms with Crippen LogP contribution in [0.15, 0.2) is 29.8 Å². The minimum atomic E-state index is 0.411. The second-order valence-electron chi connectivity index (χ2n) is 2.95. The summed E-state index contributed by atoms with van der Waals surface area (Å²) in [5, 5.41) is 0. The fourth-order valence-corrected chi connectivity index (χ4v) is 1.54. The van der Waals surface area contributed by atoms with E-state index in [2.05, 4.69) is 18.5 Å². The Hall–Kier alpha value is -1.66. The highest BCUT2D eigenvalue weighted by Crippen LogP contribution is 2.17. The Kier molecular flexibility index (Phi) is 3.84. The number of aliphatic imine (C=N–C) groups is 1. The van der Waals surface area contributed by atoms with Crippen LogP contribution in [0.4, 0.5) is 0 Å². The average Bonchev–Trinajstić information content (AvgIpc) is 2.25. The van der Waals surface area contributed by atoms with Gasteiger partial charge in [-0.2, -0.15) is 0 Å². The molecule has 0 N–H and O–H groups in total. The molecule has 0 amide bonds. The maximum atomic E-state index is 10.0. The summed E-state index contributed by atoms with van der Waals surface area (Å²) in [5.41, 5.74) is 3.40. The predicted molar refractivity (Wildman–Crippen MR) is 57.7 cm³/mol. The maximum Gasteiger partial charge on any atom is 0.235 e. The topological polar surface area (TPSA) is 29.4 Å². The average molecular weight is 187 g/mol. The highest BCUT2D eigenvalue weighted by Gasteiger charge is 2.02. The van der Waals surface area contributed by atoms with Crippen LogP contribution in [-0.4, -0.2) is 6.08 Å². The first-order valence-corrected chi connectivity index (χ1v) is 4.60. The van der Waals surface area contributed by atoms with Crippen LogP contribution in [0.5, 0.6) is 0 Å². The van der Waals surface area contributed by atoms with E-state index in [1.54, 1.807) is 6.08 Å². The first kappa shape index (κ1) is 10.4. The molecule has 0 saturated carbocycles. The van der Waals surface area contributed by atoms with E-state index in [4.69, 9.17) is 0 Å². The number of hydrogen-bond donors (Lipinski definition) is 0. The fourth-order valence-electron chi connectivity index (χ4n) is 1.54. The van der Waals surface area contributed by atoms with E-state index in [1.807, 2.05) is 24.3 Å². The Morgan fingerprint density at radius 3 is 2.93 bits per heavy atom. The Labute approximate surface area is 84.0 Å². The number of hydrogen-bond acceptors (Lipinski definition) is 2. The van der Waals surface area contributed by atoms with Gasteiger partial charge >= 0.3 is 0 Å². The Morgan fingerprint density at radius 1 is 1.57 bits per heavy atom. The SMILES string of the molecule is C=Cc1cccc(CN=C=O)c1CC. The molecule has 0 atom stereocenters. The van der Waals surface area contributed by atoms with E-state index in [-0.39, 0.29) is 0 Å². The van der Waals surface area contributed by atoms with Gasteiger partial charge < -0.3 is 0 Å². The molecule has 14 heavy (non-hydrogen) atoms. The van der Waals surface area contributed by atoms with Gasteiger partial charge in [-0.25, -0.2) is 9.79 Å². The van der Waals surface area contributed by atoms with E-state index < -0.39 is 0 Å². The molecule has 0 unspecified atom stereocenters. The minimum absolute atomic E-state index is 0.411.